The van der Waals surface area contributed by atoms with Crippen LogP contribution in [0.4, 0.5) is 10.5 Å². The van der Waals surface area contributed by atoms with E-state index in [1.54, 1.807) is 11.9 Å². The zero-order chi connectivity index (χ0) is 19.9. The third kappa shape index (κ3) is 6.79. The molecule has 0 saturated carbocycles. The van der Waals surface area contributed by atoms with Crippen LogP contribution in [0.5, 0.6) is 0 Å². The Labute approximate surface area is 157 Å². The summed E-state index contributed by atoms with van der Waals surface area (Å²) in [6.45, 7) is 13.6. The van der Waals surface area contributed by atoms with Crippen molar-refractivity contribution < 1.29 is 9.53 Å². The normalized spacial score (nSPS) is 10.7. The van der Waals surface area contributed by atoms with E-state index in [4.69, 9.17) is 4.74 Å². The molecule has 0 aliphatic heterocycles. The summed E-state index contributed by atoms with van der Waals surface area (Å²) in [5.74, 6) is 0. The standard InChI is InChI=1S/C21H31N3O2/c1-8-24(12-11-23(7)20(25)26-21(4,5)6)19-14-17(13-16(2)3)9-10-18(19)15-22/h9-10,13-14H,8,11-12H2,1-7H3. The number of anilines is 1. The summed E-state index contributed by atoms with van der Waals surface area (Å²) in [5.41, 5.74) is 3.29. The Morgan fingerprint density at radius 3 is 2.42 bits per heavy atom. The number of carbonyl (C=O) groups is 1. The van der Waals surface area contributed by atoms with Crippen LogP contribution >= 0.6 is 0 Å². The molecule has 1 aromatic carbocycles. The number of nitriles is 1. The Morgan fingerprint density at radius 1 is 1.27 bits per heavy atom. The number of ether oxygens (including phenoxy) is 1. The number of amides is 1. The molecular formula is C21H31N3O2. The summed E-state index contributed by atoms with van der Waals surface area (Å²) in [7, 11) is 1.73. The lowest BCUT2D eigenvalue weighted by molar-refractivity contribution is 0.0303. The minimum Gasteiger partial charge on any atom is -0.444 e. The SMILES string of the molecule is CCN(CCN(C)C(=O)OC(C)(C)C)c1cc(C=C(C)C)ccc1C#N. The van der Waals surface area contributed by atoms with Crippen molar-refractivity contribution in [2.45, 2.75) is 47.1 Å². The van der Waals surface area contributed by atoms with E-state index in [2.05, 4.69) is 17.0 Å². The van der Waals surface area contributed by atoms with Crippen LogP contribution in [0.3, 0.4) is 0 Å². The molecule has 0 bridgehead atoms. The van der Waals surface area contributed by atoms with Gasteiger partial charge >= 0.3 is 6.09 Å². The molecule has 1 rings (SSSR count). The Balaban J connectivity index is 2.93. The molecule has 26 heavy (non-hydrogen) atoms. The fourth-order valence-corrected chi connectivity index (χ4v) is 2.48. The van der Waals surface area contributed by atoms with Crippen LogP contribution in [-0.4, -0.2) is 43.3 Å². The molecule has 1 aromatic rings. The third-order valence-corrected chi connectivity index (χ3v) is 3.73. The predicted molar refractivity (Wildman–Crippen MR) is 107 cm³/mol. The first-order valence-electron chi connectivity index (χ1n) is 8.95. The van der Waals surface area contributed by atoms with Gasteiger partial charge in [0.25, 0.3) is 0 Å². The van der Waals surface area contributed by atoms with Gasteiger partial charge in [-0.25, -0.2) is 4.79 Å². The molecule has 0 aliphatic carbocycles. The van der Waals surface area contributed by atoms with Gasteiger partial charge in [-0.1, -0.05) is 17.7 Å². The molecule has 5 nitrogen and oxygen atoms in total. The number of nitrogens with zero attached hydrogens (tertiary/aromatic N) is 3. The van der Waals surface area contributed by atoms with Gasteiger partial charge in [-0.15, -0.1) is 0 Å². The van der Waals surface area contributed by atoms with E-state index in [1.807, 2.05) is 59.7 Å². The van der Waals surface area contributed by atoms with E-state index >= 15 is 0 Å². The third-order valence-electron chi connectivity index (χ3n) is 3.73. The second-order valence-corrected chi connectivity index (χ2v) is 7.59. The van der Waals surface area contributed by atoms with Gasteiger partial charge in [0.2, 0.25) is 0 Å². The van der Waals surface area contributed by atoms with Crippen molar-refractivity contribution >= 4 is 17.9 Å². The highest BCUT2D eigenvalue weighted by Gasteiger charge is 2.20. The highest BCUT2D eigenvalue weighted by molar-refractivity contribution is 5.68. The van der Waals surface area contributed by atoms with Gasteiger partial charge in [0.05, 0.1) is 11.3 Å². The summed E-state index contributed by atoms with van der Waals surface area (Å²) in [5, 5.41) is 9.45. The summed E-state index contributed by atoms with van der Waals surface area (Å²) in [6, 6.07) is 8.10. The van der Waals surface area contributed by atoms with Gasteiger partial charge in [-0.2, -0.15) is 5.26 Å². The number of likely N-dealkylation sites (N-methyl/N-ethyl adjacent to an activating group) is 2. The maximum Gasteiger partial charge on any atom is 0.410 e. The number of benzene rings is 1. The van der Waals surface area contributed by atoms with E-state index in [-0.39, 0.29) is 6.09 Å². The van der Waals surface area contributed by atoms with Crippen molar-refractivity contribution in [3.8, 4) is 6.07 Å². The number of hydrogen-bond acceptors (Lipinski definition) is 4. The maximum atomic E-state index is 12.1. The van der Waals surface area contributed by atoms with E-state index in [0.717, 1.165) is 17.8 Å². The first kappa shape index (κ1) is 21.6. The highest BCUT2D eigenvalue weighted by Crippen LogP contribution is 2.23. The molecule has 0 unspecified atom stereocenters. The van der Waals surface area contributed by atoms with Gasteiger partial charge in [-0.3, -0.25) is 0 Å². The van der Waals surface area contributed by atoms with Crippen LogP contribution in [0.2, 0.25) is 0 Å². The topological polar surface area (TPSA) is 56.6 Å². The molecule has 142 valence electrons. The van der Waals surface area contributed by atoms with Crippen LogP contribution in [0.1, 0.15) is 52.7 Å². The summed E-state index contributed by atoms with van der Waals surface area (Å²) in [4.78, 5) is 15.8. The molecule has 0 atom stereocenters. The predicted octanol–water partition coefficient (Wildman–Crippen LogP) is 4.67. The first-order valence-corrected chi connectivity index (χ1v) is 8.95. The van der Waals surface area contributed by atoms with Crippen molar-refractivity contribution in [2.24, 2.45) is 0 Å². The van der Waals surface area contributed by atoms with Crippen molar-refractivity contribution in [3.05, 3.63) is 34.9 Å². The molecule has 0 aromatic heterocycles. The first-order chi connectivity index (χ1) is 12.1. The summed E-state index contributed by atoms with van der Waals surface area (Å²) in [6.07, 6.45) is 1.75. The number of rotatable bonds is 6. The van der Waals surface area contributed by atoms with Crippen LogP contribution in [0.15, 0.2) is 23.8 Å². The maximum absolute atomic E-state index is 12.1. The highest BCUT2D eigenvalue weighted by atomic mass is 16.6. The van der Waals surface area contributed by atoms with Crippen LogP contribution in [0.25, 0.3) is 6.08 Å². The number of allylic oxidation sites excluding steroid dienone is 1. The monoisotopic (exact) mass is 357 g/mol. The molecule has 1 amide bonds. The van der Waals surface area contributed by atoms with E-state index in [0.29, 0.717) is 18.7 Å². The zero-order valence-corrected chi connectivity index (χ0v) is 17.1. The van der Waals surface area contributed by atoms with Crippen molar-refractivity contribution in [3.63, 3.8) is 0 Å². The lowest BCUT2D eigenvalue weighted by atomic mass is 10.1. The second-order valence-electron chi connectivity index (χ2n) is 7.59. The Kier molecular flexibility index (Phi) is 7.70. The fourth-order valence-electron chi connectivity index (χ4n) is 2.48. The average Bonchev–Trinajstić information content (AvgIpc) is 2.53. The lowest BCUT2D eigenvalue weighted by Gasteiger charge is -2.29. The van der Waals surface area contributed by atoms with Gasteiger partial charge in [0.15, 0.2) is 0 Å². The summed E-state index contributed by atoms with van der Waals surface area (Å²) < 4.78 is 5.39. The fraction of sp³-hybridized carbons (Fsp3) is 0.524. The van der Waals surface area contributed by atoms with Gasteiger partial charge < -0.3 is 14.5 Å². The van der Waals surface area contributed by atoms with Crippen LogP contribution in [-0.2, 0) is 4.74 Å². The van der Waals surface area contributed by atoms with Gasteiger partial charge in [0, 0.05) is 26.7 Å². The molecule has 0 saturated heterocycles. The van der Waals surface area contributed by atoms with Gasteiger partial charge in [0.1, 0.15) is 11.7 Å². The summed E-state index contributed by atoms with van der Waals surface area (Å²) >= 11 is 0. The smallest absolute Gasteiger partial charge is 0.410 e. The minimum absolute atomic E-state index is 0.340. The lowest BCUT2D eigenvalue weighted by Crippen LogP contribution is -2.39. The van der Waals surface area contributed by atoms with Crippen molar-refractivity contribution in [1.29, 1.82) is 5.26 Å². The van der Waals surface area contributed by atoms with Crippen molar-refractivity contribution in [1.82, 2.24) is 4.90 Å². The van der Waals surface area contributed by atoms with Crippen LogP contribution in [0, 0.1) is 11.3 Å². The Hall–Kier alpha value is -2.48. The number of carbonyl (C=O) groups excluding carboxylic acids is 1. The molecule has 0 N–H and O–H groups in total. The van der Waals surface area contributed by atoms with Crippen molar-refractivity contribution in [2.75, 3.05) is 31.6 Å². The van der Waals surface area contributed by atoms with Crippen LogP contribution < -0.4 is 4.90 Å². The Bertz CT molecular complexity index is 692. The zero-order valence-electron chi connectivity index (χ0n) is 17.1. The minimum atomic E-state index is -0.511. The molecular weight excluding hydrogens is 326 g/mol. The molecule has 0 fully saturated rings. The molecule has 0 radical (unpaired) electrons. The van der Waals surface area contributed by atoms with E-state index < -0.39 is 5.60 Å². The van der Waals surface area contributed by atoms with E-state index in [1.165, 1.54) is 5.57 Å². The molecule has 0 heterocycles. The molecule has 5 heteroatoms. The second kappa shape index (κ2) is 9.28. The quantitative estimate of drug-likeness (QED) is 0.742. The van der Waals surface area contributed by atoms with Gasteiger partial charge in [-0.05, 0) is 59.2 Å². The van der Waals surface area contributed by atoms with E-state index in [9.17, 15) is 10.1 Å². The Morgan fingerprint density at radius 2 is 1.92 bits per heavy atom. The average molecular weight is 357 g/mol. The molecule has 0 spiro atoms. The molecule has 0 aliphatic rings. The largest absolute Gasteiger partial charge is 0.444 e. The number of hydrogen-bond donors (Lipinski definition) is 0.